The van der Waals surface area contributed by atoms with Gasteiger partial charge in [0.05, 0.1) is 6.10 Å². The first-order valence-corrected chi connectivity index (χ1v) is 7.52. The second-order valence-electron chi connectivity index (χ2n) is 5.81. The standard InChI is InChI=1S/C19H24O2/c1-5-15-6-8-16(9-7-15)19(4,20)17-10-12-18(13-11-17)21-14(2)3/h6-14,20H,5H2,1-4H3. The van der Waals surface area contributed by atoms with E-state index in [4.69, 9.17) is 4.74 Å². The van der Waals surface area contributed by atoms with Gasteiger partial charge in [-0.1, -0.05) is 43.3 Å². The molecule has 21 heavy (non-hydrogen) atoms. The van der Waals surface area contributed by atoms with Crippen LogP contribution in [0.25, 0.3) is 0 Å². The predicted octanol–water partition coefficient (Wildman–Crippen LogP) is 4.29. The highest BCUT2D eigenvalue weighted by molar-refractivity contribution is 5.39. The molecule has 0 spiro atoms. The number of aryl methyl sites for hydroxylation is 1. The molecule has 0 aliphatic rings. The van der Waals surface area contributed by atoms with Gasteiger partial charge < -0.3 is 9.84 Å². The van der Waals surface area contributed by atoms with Gasteiger partial charge in [0.1, 0.15) is 11.4 Å². The zero-order valence-corrected chi connectivity index (χ0v) is 13.3. The fourth-order valence-electron chi connectivity index (χ4n) is 2.36. The van der Waals surface area contributed by atoms with Gasteiger partial charge in [-0.25, -0.2) is 0 Å². The SMILES string of the molecule is CCc1ccc(C(C)(O)c2ccc(OC(C)C)cc2)cc1. The number of hydrogen-bond acceptors (Lipinski definition) is 2. The summed E-state index contributed by atoms with van der Waals surface area (Å²) >= 11 is 0. The Morgan fingerprint density at radius 1 is 0.952 bits per heavy atom. The Morgan fingerprint density at radius 2 is 1.43 bits per heavy atom. The molecular weight excluding hydrogens is 260 g/mol. The van der Waals surface area contributed by atoms with E-state index in [1.165, 1.54) is 5.56 Å². The molecule has 0 aliphatic heterocycles. The second kappa shape index (κ2) is 6.31. The Labute approximate surface area is 127 Å². The van der Waals surface area contributed by atoms with Crippen molar-refractivity contribution >= 4 is 0 Å². The smallest absolute Gasteiger partial charge is 0.119 e. The monoisotopic (exact) mass is 284 g/mol. The fourth-order valence-corrected chi connectivity index (χ4v) is 2.36. The largest absolute Gasteiger partial charge is 0.491 e. The van der Waals surface area contributed by atoms with E-state index in [2.05, 4.69) is 19.1 Å². The summed E-state index contributed by atoms with van der Waals surface area (Å²) in [5.41, 5.74) is 2.04. The molecule has 0 fully saturated rings. The van der Waals surface area contributed by atoms with Gasteiger partial charge in [0.15, 0.2) is 0 Å². The highest BCUT2D eigenvalue weighted by atomic mass is 16.5. The molecule has 0 aliphatic carbocycles. The summed E-state index contributed by atoms with van der Waals surface area (Å²) in [6.45, 7) is 7.95. The predicted molar refractivity (Wildman–Crippen MR) is 86.7 cm³/mol. The summed E-state index contributed by atoms with van der Waals surface area (Å²) in [6, 6.07) is 15.8. The molecule has 0 saturated heterocycles. The summed E-state index contributed by atoms with van der Waals surface area (Å²) in [4.78, 5) is 0. The van der Waals surface area contributed by atoms with Crippen LogP contribution in [0.4, 0.5) is 0 Å². The van der Waals surface area contributed by atoms with Crippen LogP contribution in [0.2, 0.25) is 0 Å². The lowest BCUT2D eigenvalue weighted by Gasteiger charge is -2.25. The average molecular weight is 284 g/mol. The third kappa shape index (κ3) is 3.64. The third-order valence-electron chi connectivity index (χ3n) is 3.71. The molecule has 0 heterocycles. The van der Waals surface area contributed by atoms with Crippen molar-refractivity contribution in [3.05, 3.63) is 65.2 Å². The lowest BCUT2D eigenvalue weighted by atomic mass is 9.87. The van der Waals surface area contributed by atoms with Crippen LogP contribution in [0.5, 0.6) is 5.75 Å². The molecular formula is C19H24O2. The first kappa shape index (κ1) is 15.6. The van der Waals surface area contributed by atoms with E-state index in [1.54, 1.807) is 0 Å². The highest BCUT2D eigenvalue weighted by Gasteiger charge is 2.25. The van der Waals surface area contributed by atoms with Gasteiger partial charge in [-0.2, -0.15) is 0 Å². The first-order chi connectivity index (χ1) is 9.93. The van der Waals surface area contributed by atoms with E-state index in [9.17, 15) is 5.11 Å². The van der Waals surface area contributed by atoms with Gasteiger partial charge in [-0.15, -0.1) is 0 Å². The van der Waals surface area contributed by atoms with Crippen LogP contribution in [0.15, 0.2) is 48.5 Å². The van der Waals surface area contributed by atoms with E-state index in [0.29, 0.717) is 0 Å². The van der Waals surface area contributed by atoms with E-state index in [-0.39, 0.29) is 6.10 Å². The lowest BCUT2D eigenvalue weighted by molar-refractivity contribution is 0.102. The van der Waals surface area contributed by atoms with Crippen molar-refractivity contribution in [3.63, 3.8) is 0 Å². The molecule has 0 saturated carbocycles. The Kier molecular flexibility index (Phi) is 4.69. The fraction of sp³-hybridized carbons (Fsp3) is 0.368. The van der Waals surface area contributed by atoms with Gasteiger partial charge in [0.25, 0.3) is 0 Å². The number of benzene rings is 2. The summed E-state index contributed by atoms with van der Waals surface area (Å²) in [6.07, 6.45) is 1.15. The molecule has 2 nitrogen and oxygen atoms in total. The number of rotatable bonds is 5. The minimum absolute atomic E-state index is 0.151. The molecule has 1 N–H and O–H groups in total. The summed E-state index contributed by atoms with van der Waals surface area (Å²) in [5, 5.41) is 10.9. The van der Waals surface area contributed by atoms with Crippen LogP contribution < -0.4 is 4.74 Å². The van der Waals surface area contributed by atoms with Gasteiger partial charge >= 0.3 is 0 Å². The van der Waals surface area contributed by atoms with E-state index >= 15 is 0 Å². The summed E-state index contributed by atoms with van der Waals surface area (Å²) in [5.74, 6) is 0.825. The van der Waals surface area contributed by atoms with Crippen LogP contribution in [-0.2, 0) is 12.0 Å². The minimum Gasteiger partial charge on any atom is -0.491 e. The third-order valence-corrected chi connectivity index (χ3v) is 3.71. The molecule has 2 rings (SSSR count). The maximum atomic E-state index is 10.9. The average Bonchev–Trinajstić information content (AvgIpc) is 2.47. The molecule has 2 aromatic carbocycles. The lowest BCUT2D eigenvalue weighted by Crippen LogP contribution is -2.22. The maximum Gasteiger partial charge on any atom is 0.119 e. The van der Waals surface area contributed by atoms with Crippen molar-refractivity contribution < 1.29 is 9.84 Å². The van der Waals surface area contributed by atoms with Crippen LogP contribution in [0.1, 0.15) is 44.4 Å². The van der Waals surface area contributed by atoms with Crippen molar-refractivity contribution in [2.45, 2.75) is 45.8 Å². The Morgan fingerprint density at radius 3 is 1.86 bits per heavy atom. The Bertz CT molecular complexity index is 566. The highest BCUT2D eigenvalue weighted by Crippen LogP contribution is 2.30. The summed E-state index contributed by atoms with van der Waals surface area (Å²) < 4.78 is 5.64. The number of ether oxygens (including phenoxy) is 1. The van der Waals surface area contributed by atoms with Gasteiger partial charge in [0, 0.05) is 0 Å². The van der Waals surface area contributed by atoms with Crippen molar-refractivity contribution in [3.8, 4) is 5.75 Å². The second-order valence-corrected chi connectivity index (χ2v) is 5.81. The molecule has 1 atom stereocenters. The molecule has 112 valence electrons. The minimum atomic E-state index is -0.997. The van der Waals surface area contributed by atoms with Crippen LogP contribution in [0.3, 0.4) is 0 Å². The molecule has 0 aromatic heterocycles. The van der Waals surface area contributed by atoms with Crippen LogP contribution in [0, 0.1) is 0 Å². The van der Waals surface area contributed by atoms with Crippen molar-refractivity contribution in [2.24, 2.45) is 0 Å². The topological polar surface area (TPSA) is 29.5 Å². The maximum absolute atomic E-state index is 10.9. The van der Waals surface area contributed by atoms with E-state index in [1.807, 2.05) is 57.2 Å². The number of aliphatic hydroxyl groups is 1. The van der Waals surface area contributed by atoms with Crippen molar-refractivity contribution in [1.29, 1.82) is 0 Å². The Hall–Kier alpha value is -1.80. The van der Waals surface area contributed by atoms with Crippen molar-refractivity contribution in [1.82, 2.24) is 0 Å². The molecule has 0 radical (unpaired) electrons. The van der Waals surface area contributed by atoms with E-state index < -0.39 is 5.60 Å². The zero-order valence-electron chi connectivity index (χ0n) is 13.3. The van der Waals surface area contributed by atoms with Gasteiger partial charge in [-0.3, -0.25) is 0 Å². The van der Waals surface area contributed by atoms with Gasteiger partial charge in [-0.05, 0) is 56.0 Å². The quantitative estimate of drug-likeness (QED) is 0.887. The van der Waals surface area contributed by atoms with Crippen LogP contribution in [-0.4, -0.2) is 11.2 Å². The summed E-state index contributed by atoms with van der Waals surface area (Å²) in [7, 11) is 0. The number of hydrogen-bond donors (Lipinski definition) is 1. The molecule has 2 heteroatoms. The zero-order chi connectivity index (χ0) is 15.5. The molecule has 0 bridgehead atoms. The molecule has 2 aromatic rings. The first-order valence-electron chi connectivity index (χ1n) is 7.52. The molecule has 1 unspecified atom stereocenters. The Balaban J connectivity index is 2.25. The van der Waals surface area contributed by atoms with Crippen molar-refractivity contribution in [2.75, 3.05) is 0 Å². The van der Waals surface area contributed by atoms with Crippen LogP contribution >= 0.6 is 0 Å². The molecule has 0 amide bonds. The van der Waals surface area contributed by atoms with Gasteiger partial charge in [0.2, 0.25) is 0 Å². The normalized spacial score (nSPS) is 14.0. The van der Waals surface area contributed by atoms with E-state index in [0.717, 1.165) is 23.3 Å².